The van der Waals surface area contributed by atoms with E-state index in [4.69, 9.17) is 0 Å². The van der Waals surface area contributed by atoms with Crippen molar-refractivity contribution in [3.63, 3.8) is 0 Å². The van der Waals surface area contributed by atoms with E-state index in [0.29, 0.717) is 0 Å². The van der Waals surface area contributed by atoms with Gasteiger partial charge in [0.25, 0.3) is 0 Å². The molecule has 10 aromatic carbocycles. The monoisotopic (exact) mass is 606 g/mol. The molecule has 0 aromatic heterocycles. The van der Waals surface area contributed by atoms with Gasteiger partial charge < -0.3 is 0 Å². The topological polar surface area (TPSA) is 0 Å². The zero-order chi connectivity index (χ0) is 31.6. The van der Waals surface area contributed by atoms with Gasteiger partial charge in [-0.05, 0) is 117 Å². The summed E-state index contributed by atoms with van der Waals surface area (Å²) >= 11 is 0. The summed E-state index contributed by atoms with van der Waals surface area (Å²) in [6, 6.07) is 67.2. The Morgan fingerprint density at radius 3 is 1.06 bits per heavy atom. The first kappa shape index (κ1) is 26.9. The molecule has 0 bridgehead atoms. The summed E-state index contributed by atoms with van der Waals surface area (Å²) in [7, 11) is 0. The van der Waals surface area contributed by atoms with Gasteiger partial charge in [-0.1, -0.05) is 164 Å². The molecule has 0 atom stereocenters. The van der Waals surface area contributed by atoms with Crippen LogP contribution in [0.15, 0.2) is 182 Å². The largest absolute Gasteiger partial charge is 0.0616 e. The van der Waals surface area contributed by atoms with E-state index in [-0.39, 0.29) is 0 Å². The van der Waals surface area contributed by atoms with E-state index in [1.54, 1.807) is 0 Å². The van der Waals surface area contributed by atoms with Crippen molar-refractivity contribution >= 4 is 53.9 Å². The fourth-order valence-corrected chi connectivity index (χ4v) is 7.73. The van der Waals surface area contributed by atoms with Crippen molar-refractivity contribution in [3.05, 3.63) is 182 Å². The van der Waals surface area contributed by atoms with Crippen LogP contribution in [0.3, 0.4) is 0 Å². The van der Waals surface area contributed by atoms with Gasteiger partial charge in [-0.25, -0.2) is 0 Å². The summed E-state index contributed by atoms with van der Waals surface area (Å²) in [6.45, 7) is 0. The molecule has 0 saturated heterocycles. The maximum absolute atomic E-state index is 2.41. The lowest BCUT2D eigenvalue weighted by Gasteiger charge is -2.18. The third-order valence-corrected chi connectivity index (χ3v) is 10.2. The highest BCUT2D eigenvalue weighted by atomic mass is 14.2. The lowest BCUT2D eigenvalue weighted by molar-refractivity contribution is 1.61. The molecule has 0 nitrogen and oxygen atoms in total. The number of benzene rings is 10. The van der Waals surface area contributed by atoms with Crippen molar-refractivity contribution < 1.29 is 0 Å². The van der Waals surface area contributed by atoms with Gasteiger partial charge in [0.05, 0.1) is 0 Å². The van der Waals surface area contributed by atoms with Crippen molar-refractivity contribution in [1.29, 1.82) is 0 Å². The van der Waals surface area contributed by atoms with Gasteiger partial charge in [0.2, 0.25) is 0 Å². The molecular weight excluding hydrogens is 577 g/mol. The molecule has 222 valence electrons. The molecule has 48 heavy (non-hydrogen) atoms. The van der Waals surface area contributed by atoms with Gasteiger partial charge in [-0.3, -0.25) is 0 Å². The third kappa shape index (κ3) is 4.31. The second-order valence-electron chi connectivity index (χ2n) is 12.9. The summed E-state index contributed by atoms with van der Waals surface area (Å²) in [5.74, 6) is 0. The Morgan fingerprint density at radius 2 is 0.583 bits per heavy atom. The quantitative estimate of drug-likeness (QED) is 0.175. The normalized spacial score (nSPS) is 11.8. The molecule has 0 fully saturated rings. The second-order valence-corrected chi connectivity index (χ2v) is 12.9. The van der Waals surface area contributed by atoms with Gasteiger partial charge in [0.15, 0.2) is 0 Å². The first-order valence-electron chi connectivity index (χ1n) is 16.7. The minimum atomic E-state index is 1.23. The highest BCUT2D eigenvalue weighted by molar-refractivity contribution is 6.28. The molecule has 0 saturated carbocycles. The van der Waals surface area contributed by atoms with E-state index in [9.17, 15) is 0 Å². The Hall–Kier alpha value is -6.24. The average Bonchev–Trinajstić information content (AvgIpc) is 3.16. The molecule has 0 heterocycles. The molecule has 0 heteroatoms. The smallest absolute Gasteiger partial charge is 0.00143 e. The van der Waals surface area contributed by atoms with Crippen molar-refractivity contribution in [2.24, 2.45) is 0 Å². The molecular formula is C48H30. The van der Waals surface area contributed by atoms with Gasteiger partial charge in [0.1, 0.15) is 0 Å². The van der Waals surface area contributed by atoms with Crippen LogP contribution in [0.1, 0.15) is 0 Å². The predicted octanol–water partition coefficient (Wildman–Crippen LogP) is 13.6. The fourth-order valence-electron chi connectivity index (χ4n) is 7.73. The molecule has 0 radical (unpaired) electrons. The maximum atomic E-state index is 2.41. The minimum Gasteiger partial charge on any atom is -0.0616 e. The number of fused-ring (bicyclic) bond motifs is 2. The van der Waals surface area contributed by atoms with Crippen molar-refractivity contribution in [3.8, 4) is 44.5 Å². The van der Waals surface area contributed by atoms with Gasteiger partial charge in [0, 0.05) is 0 Å². The van der Waals surface area contributed by atoms with Crippen molar-refractivity contribution in [2.75, 3.05) is 0 Å². The van der Waals surface area contributed by atoms with Crippen LogP contribution in [0.4, 0.5) is 0 Å². The molecule has 10 aromatic rings. The average molecular weight is 607 g/mol. The SMILES string of the molecule is c1ccc2cc(-c3ccc(-c4cc(-c5ccc(-c6ccc7ccccc7c6)cc5)c5ccc6cccc7ccc4c5c76)cc3)ccc2c1. The Morgan fingerprint density at radius 1 is 0.208 bits per heavy atom. The van der Waals surface area contributed by atoms with Crippen LogP contribution in [0.25, 0.3) is 98.4 Å². The molecule has 0 aliphatic rings. The zero-order valence-corrected chi connectivity index (χ0v) is 26.3. The summed E-state index contributed by atoms with van der Waals surface area (Å²) in [5, 5.41) is 12.9. The van der Waals surface area contributed by atoms with Crippen LogP contribution in [0.5, 0.6) is 0 Å². The highest BCUT2D eigenvalue weighted by Gasteiger charge is 2.17. The molecule has 0 unspecified atom stereocenters. The predicted molar refractivity (Wildman–Crippen MR) is 207 cm³/mol. The first-order chi connectivity index (χ1) is 23.8. The standard InChI is InChI=1S/C48H30/c1-3-8-39-28-41(22-16-31(39)6-1)33-12-18-35(19-13-33)45-30-46(44-27-25-38-11-5-10-37-24-26-43(45)48(44)47(37)38)36-20-14-34(15-21-36)42-23-17-32-7-2-4-9-40(32)29-42/h1-30H. The summed E-state index contributed by atoms with van der Waals surface area (Å²) in [4.78, 5) is 0. The van der Waals surface area contributed by atoms with Crippen molar-refractivity contribution in [1.82, 2.24) is 0 Å². The highest BCUT2D eigenvalue weighted by Crippen LogP contribution is 2.44. The van der Waals surface area contributed by atoms with Gasteiger partial charge in [-0.2, -0.15) is 0 Å². The summed E-state index contributed by atoms with van der Waals surface area (Å²) < 4.78 is 0. The van der Waals surface area contributed by atoms with E-state index >= 15 is 0 Å². The third-order valence-electron chi connectivity index (χ3n) is 10.2. The molecule has 0 aliphatic heterocycles. The minimum absolute atomic E-state index is 1.23. The lowest BCUT2D eigenvalue weighted by atomic mass is 9.85. The van der Waals surface area contributed by atoms with Crippen LogP contribution >= 0.6 is 0 Å². The Bertz CT molecular complexity index is 2610. The molecule has 0 aliphatic carbocycles. The van der Waals surface area contributed by atoms with Gasteiger partial charge in [-0.15, -0.1) is 0 Å². The Kier molecular flexibility index (Phi) is 5.98. The van der Waals surface area contributed by atoms with E-state index in [0.717, 1.165) is 0 Å². The number of hydrogen-bond donors (Lipinski definition) is 0. The number of hydrogen-bond acceptors (Lipinski definition) is 0. The summed E-state index contributed by atoms with van der Waals surface area (Å²) in [6.07, 6.45) is 0. The van der Waals surface area contributed by atoms with Crippen LogP contribution in [-0.2, 0) is 0 Å². The van der Waals surface area contributed by atoms with Crippen LogP contribution in [0, 0.1) is 0 Å². The van der Waals surface area contributed by atoms with Crippen molar-refractivity contribution in [2.45, 2.75) is 0 Å². The van der Waals surface area contributed by atoms with E-state index in [1.165, 1.54) is 98.4 Å². The maximum Gasteiger partial charge on any atom is -0.00143 e. The van der Waals surface area contributed by atoms with E-state index < -0.39 is 0 Å². The first-order valence-corrected chi connectivity index (χ1v) is 16.7. The fraction of sp³-hybridized carbons (Fsp3) is 0. The van der Waals surface area contributed by atoms with Crippen LogP contribution in [0.2, 0.25) is 0 Å². The van der Waals surface area contributed by atoms with E-state index in [2.05, 4.69) is 182 Å². The van der Waals surface area contributed by atoms with Crippen LogP contribution < -0.4 is 0 Å². The molecule has 0 amide bonds. The van der Waals surface area contributed by atoms with Crippen LogP contribution in [-0.4, -0.2) is 0 Å². The molecule has 0 N–H and O–H groups in total. The van der Waals surface area contributed by atoms with E-state index in [1.807, 2.05) is 0 Å². The van der Waals surface area contributed by atoms with Gasteiger partial charge >= 0.3 is 0 Å². The Labute approximate surface area is 279 Å². The Balaban J connectivity index is 1.13. The molecule has 0 spiro atoms. The lowest BCUT2D eigenvalue weighted by Crippen LogP contribution is -1.91. The molecule has 10 rings (SSSR count). The number of rotatable bonds is 4. The summed E-state index contributed by atoms with van der Waals surface area (Å²) in [5.41, 5.74) is 9.92. The second kappa shape index (κ2) is 10.7. The zero-order valence-electron chi connectivity index (χ0n) is 26.3.